The fourth-order valence-electron chi connectivity index (χ4n) is 3.89. The quantitative estimate of drug-likeness (QED) is 0.640. The van der Waals surface area contributed by atoms with E-state index in [0.29, 0.717) is 43.1 Å². The van der Waals surface area contributed by atoms with Crippen molar-refractivity contribution in [1.82, 2.24) is 15.5 Å². The smallest absolute Gasteiger partial charge is 0.254 e. The number of benzene rings is 2. The summed E-state index contributed by atoms with van der Waals surface area (Å²) in [6.07, 6.45) is 1.08. The second kappa shape index (κ2) is 11.3. The number of rotatable bonds is 7. The zero-order valence-electron chi connectivity index (χ0n) is 18.8. The fourth-order valence-corrected chi connectivity index (χ4v) is 4.01. The first-order valence-corrected chi connectivity index (χ1v) is 11.5. The van der Waals surface area contributed by atoms with E-state index in [1.165, 1.54) is 18.2 Å². The van der Waals surface area contributed by atoms with Gasteiger partial charge in [0, 0.05) is 30.2 Å². The standard InChI is InChI=1S/C25H29ClFN3O3/c1-16(2)15-28-24(32)22(29-23(31)20-5-3-4-6-21(20)27)17-11-13-30(14-12-17)25(33)18-7-9-19(26)10-8-18/h3-10,16-17,22H,11-15H2,1-2H3,(H,28,32)(H,29,31)/t22-/m0/s1. The number of carbonyl (C=O) groups is 3. The average molecular weight is 474 g/mol. The molecule has 0 unspecified atom stereocenters. The van der Waals surface area contributed by atoms with Crippen LogP contribution in [0.5, 0.6) is 0 Å². The molecular weight excluding hydrogens is 445 g/mol. The van der Waals surface area contributed by atoms with E-state index in [-0.39, 0.29) is 29.2 Å². The van der Waals surface area contributed by atoms with Gasteiger partial charge in [-0.1, -0.05) is 37.6 Å². The van der Waals surface area contributed by atoms with Gasteiger partial charge < -0.3 is 15.5 Å². The number of nitrogens with zero attached hydrogens (tertiary/aromatic N) is 1. The normalized spacial score (nSPS) is 15.2. The molecule has 6 nitrogen and oxygen atoms in total. The molecular formula is C25H29ClFN3O3. The highest BCUT2D eigenvalue weighted by molar-refractivity contribution is 6.30. The molecule has 1 saturated heterocycles. The molecule has 1 fully saturated rings. The van der Waals surface area contributed by atoms with Gasteiger partial charge in [0.05, 0.1) is 5.56 Å². The summed E-state index contributed by atoms with van der Waals surface area (Å²) in [5.41, 5.74) is 0.450. The van der Waals surface area contributed by atoms with Gasteiger partial charge in [-0.3, -0.25) is 14.4 Å². The number of nitrogens with one attached hydrogen (secondary N) is 2. The van der Waals surface area contributed by atoms with Crippen LogP contribution in [0, 0.1) is 17.7 Å². The van der Waals surface area contributed by atoms with E-state index in [4.69, 9.17) is 11.6 Å². The van der Waals surface area contributed by atoms with E-state index >= 15 is 0 Å². The van der Waals surface area contributed by atoms with Crippen LogP contribution < -0.4 is 10.6 Å². The van der Waals surface area contributed by atoms with E-state index in [1.54, 1.807) is 35.2 Å². The molecule has 0 aromatic heterocycles. The second-order valence-corrected chi connectivity index (χ2v) is 9.14. The molecule has 2 aromatic carbocycles. The zero-order chi connectivity index (χ0) is 24.0. The highest BCUT2D eigenvalue weighted by Gasteiger charge is 2.34. The summed E-state index contributed by atoms with van der Waals surface area (Å²) in [6, 6.07) is 11.6. The summed E-state index contributed by atoms with van der Waals surface area (Å²) < 4.78 is 14.1. The second-order valence-electron chi connectivity index (χ2n) is 8.71. The Bertz CT molecular complexity index is 989. The van der Waals surface area contributed by atoms with Crippen molar-refractivity contribution in [2.75, 3.05) is 19.6 Å². The van der Waals surface area contributed by atoms with Gasteiger partial charge in [0.1, 0.15) is 11.9 Å². The first-order chi connectivity index (χ1) is 15.8. The Kier molecular flexibility index (Phi) is 8.44. The Morgan fingerprint density at radius 2 is 1.70 bits per heavy atom. The fraction of sp³-hybridized carbons (Fsp3) is 0.400. The van der Waals surface area contributed by atoms with Crippen LogP contribution in [0.2, 0.25) is 5.02 Å². The zero-order valence-corrected chi connectivity index (χ0v) is 19.6. The Balaban J connectivity index is 1.69. The Hall–Kier alpha value is -2.93. The number of carbonyl (C=O) groups excluding carboxylic acids is 3. The minimum absolute atomic E-state index is 0.0960. The molecule has 176 valence electrons. The minimum atomic E-state index is -0.816. The third kappa shape index (κ3) is 6.54. The van der Waals surface area contributed by atoms with E-state index in [2.05, 4.69) is 10.6 Å². The monoisotopic (exact) mass is 473 g/mol. The molecule has 1 aliphatic rings. The number of hydrogen-bond donors (Lipinski definition) is 2. The first-order valence-electron chi connectivity index (χ1n) is 11.1. The van der Waals surface area contributed by atoms with Crippen molar-refractivity contribution < 1.29 is 18.8 Å². The maximum atomic E-state index is 14.1. The van der Waals surface area contributed by atoms with Gasteiger partial charge in [-0.15, -0.1) is 0 Å². The van der Waals surface area contributed by atoms with Crippen LogP contribution >= 0.6 is 11.6 Å². The maximum Gasteiger partial charge on any atom is 0.254 e. The van der Waals surface area contributed by atoms with Crippen LogP contribution in [0.25, 0.3) is 0 Å². The Morgan fingerprint density at radius 1 is 1.06 bits per heavy atom. The predicted octanol–water partition coefficient (Wildman–Crippen LogP) is 3.90. The highest BCUT2D eigenvalue weighted by atomic mass is 35.5. The van der Waals surface area contributed by atoms with Crippen LogP contribution in [0.1, 0.15) is 47.4 Å². The molecule has 1 heterocycles. The summed E-state index contributed by atoms with van der Waals surface area (Å²) in [5, 5.41) is 6.18. The molecule has 0 bridgehead atoms. The van der Waals surface area contributed by atoms with Crippen LogP contribution in [-0.4, -0.2) is 48.3 Å². The summed E-state index contributed by atoms with van der Waals surface area (Å²) in [4.78, 5) is 40.2. The molecule has 33 heavy (non-hydrogen) atoms. The number of hydrogen-bond acceptors (Lipinski definition) is 3. The lowest BCUT2D eigenvalue weighted by Crippen LogP contribution is -2.54. The number of amides is 3. The van der Waals surface area contributed by atoms with E-state index in [1.807, 2.05) is 13.8 Å². The van der Waals surface area contributed by atoms with Crippen LogP contribution in [0.15, 0.2) is 48.5 Å². The Morgan fingerprint density at radius 3 is 2.30 bits per heavy atom. The number of likely N-dealkylation sites (tertiary alicyclic amines) is 1. The molecule has 2 N–H and O–H groups in total. The third-order valence-electron chi connectivity index (χ3n) is 5.76. The van der Waals surface area contributed by atoms with E-state index in [0.717, 1.165) is 0 Å². The molecule has 0 saturated carbocycles. The van der Waals surface area contributed by atoms with Crippen molar-refractivity contribution in [3.63, 3.8) is 0 Å². The van der Waals surface area contributed by atoms with Crippen molar-refractivity contribution in [3.05, 3.63) is 70.5 Å². The molecule has 0 radical (unpaired) electrons. The van der Waals surface area contributed by atoms with Crippen molar-refractivity contribution in [2.45, 2.75) is 32.7 Å². The summed E-state index contributed by atoms with van der Waals surface area (Å²) in [6.45, 7) is 5.34. The maximum absolute atomic E-state index is 14.1. The minimum Gasteiger partial charge on any atom is -0.354 e. The highest BCUT2D eigenvalue weighted by Crippen LogP contribution is 2.23. The molecule has 0 aliphatic carbocycles. The van der Waals surface area contributed by atoms with Gasteiger partial charge in [0.25, 0.3) is 11.8 Å². The van der Waals surface area contributed by atoms with Gasteiger partial charge >= 0.3 is 0 Å². The Labute approximate surface area is 198 Å². The van der Waals surface area contributed by atoms with Crippen LogP contribution in [0.4, 0.5) is 4.39 Å². The van der Waals surface area contributed by atoms with Gasteiger partial charge in [-0.05, 0) is 61.1 Å². The molecule has 2 aromatic rings. The van der Waals surface area contributed by atoms with Crippen molar-refractivity contribution in [1.29, 1.82) is 0 Å². The lowest BCUT2D eigenvalue weighted by Gasteiger charge is -2.36. The summed E-state index contributed by atoms with van der Waals surface area (Å²) in [7, 11) is 0. The largest absolute Gasteiger partial charge is 0.354 e. The van der Waals surface area contributed by atoms with Gasteiger partial charge in [0.2, 0.25) is 5.91 Å². The first kappa shape index (κ1) is 24.7. The number of piperidine rings is 1. The molecule has 0 spiro atoms. The van der Waals surface area contributed by atoms with Crippen molar-refractivity contribution in [3.8, 4) is 0 Å². The van der Waals surface area contributed by atoms with E-state index in [9.17, 15) is 18.8 Å². The van der Waals surface area contributed by atoms with Gasteiger partial charge in [-0.25, -0.2) is 4.39 Å². The molecule has 3 rings (SSSR count). The average Bonchev–Trinajstić information content (AvgIpc) is 2.81. The van der Waals surface area contributed by atoms with Crippen molar-refractivity contribution >= 4 is 29.3 Å². The summed E-state index contributed by atoms with van der Waals surface area (Å²) >= 11 is 5.91. The lowest BCUT2D eigenvalue weighted by atomic mass is 9.88. The topological polar surface area (TPSA) is 78.5 Å². The van der Waals surface area contributed by atoms with Crippen LogP contribution in [0.3, 0.4) is 0 Å². The van der Waals surface area contributed by atoms with Crippen LogP contribution in [-0.2, 0) is 4.79 Å². The lowest BCUT2D eigenvalue weighted by molar-refractivity contribution is -0.124. The van der Waals surface area contributed by atoms with Gasteiger partial charge in [0.15, 0.2) is 0 Å². The van der Waals surface area contributed by atoms with E-state index < -0.39 is 17.8 Å². The molecule has 1 atom stereocenters. The number of halogens is 2. The van der Waals surface area contributed by atoms with Gasteiger partial charge in [-0.2, -0.15) is 0 Å². The molecule has 1 aliphatic heterocycles. The van der Waals surface area contributed by atoms with Crippen molar-refractivity contribution in [2.24, 2.45) is 11.8 Å². The summed E-state index contributed by atoms with van der Waals surface area (Å²) in [5.74, 6) is -1.59. The third-order valence-corrected chi connectivity index (χ3v) is 6.01. The molecule has 8 heteroatoms. The molecule has 3 amide bonds. The predicted molar refractivity (Wildman–Crippen MR) is 126 cm³/mol. The SMILES string of the molecule is CC(C)CNC(=O)[C@@H](NC(=O)c1ccccc1F)C1CCN(C(=O)c2ccc(Cl)cc2)CC1.